The zero-order valence-electron chi connectivity index (χ0n) is 10.4. The van der Waals surface area contributed by atoms with E-state index in [1.165, 1.54) is 0 Å². The molecule has 1 aliphatic rings. The van der Waals surface area contributed by atoms with Gasteiger partial charge in [0.05, 0.1) is 5.92 Å². The van der Waals surface area contributed by atoms with Crippen molar-refractivity contribution in [2.75, 3.05) is 24.5 Å². The van der Waals surface area contributed by atoms with Crippen LogP contribution in [0.3, 0.4) is 0 Å². The van der Waals surface area contributed by atoms with Gasteiger partial charge in [-0.05, 0) is 44.2 Å². The lowest BCUT2D eigenvalue weighted by Gasteiger charge is -2.24. The van der Waals surface area contributed by atoms with E-state index in [0.717, 1.165) is 25.2 Å². The van der Waals surface area contributed by atoms with Gasteiger partial charge >= 0.3 is 0 Å². The van der Waals surface area contributed by atoms with Gasteiger partial charge in [-0.15, -0.1) is 12.4 Å². The number of carbonyl (C=O) groups excluding carboxylic acids is 1. The summed E-state index contributed by atoms with van der Waals surface area (Å²) in [4.78, 5) is 14.1. The van der Waals surface area contributed by atoms with Crippen LogP contribution in [0.25, 0.3) is 0 Å². The van der Waals surface area contributed by atoms with Gasteiger partial charge < -0.3 is 10.2 Å². The Morgan fingerprint density at radius 2 is 2.11 bits per heavy atom. The monoisotopic (exact) mass is 288 g/mol. The summed E-state index contributed by atoms with van der Waals surface area (Å²) in [5, 5.41) is 3.92. The van der Waals surface area contributed by atoms with E-state index in [0.29, 0.717) is 11.6 Å². The molecule has 1 amide bonds. The van der Waals surface area contributed by atoms with Crippen LogP contribution in [-0.2, 0) is 4.79 Å². The third-order valence-electron chi connectivity index (χ3n) is 3.13. The first kappa shape index (κ1) is 15.3. The van der Waals surface area contributed by atoms with Crippen molar-refractivity contribution >= 4 is 35.6 Å². The first-order valence-corrected chi connectivity index (χ1v) is 6.38. The average molecular weight is 289 g/mol. The van der Waals surface area contributed by atoms with Gasteiger partial charge in [0.25, 0.3) is 0 Å². The molecule has 1 N–H and O–H groups in total. The second kappa shape index (κ2) is 6.98. The predicted molar refractivity (Wildman–Crippen MR) is 77.7 cm³/mol. The predicted octanol–water partition coefficient (Wildman–Crippen LogP) is 2.72. The largest absolute Gasteiger partial charge is 0.316 e. The Kier molecular flexibility index (Phi) is 5.93. The molecule has 0 spiro atoms. The zero-order chi connectivity index (χ0) is 12.3. The summed E-state index contributed by atoms with van der Waals surface area (Å²) in [7, 11) is 0. The van der Waals surface area contributed by atoms with Gasteiger partial charge in [0.2, 0.25) is 5.91 Å². The molecule has 0 aliphatic carbocycles. The number of anilines is 1. The standard InChI is InChI=1S/C13H17ClN2O.ClH/c1-2-16(12-5-3-11(14)4-6-12)13(17)10-7-8-15-9-10;/h3-6,10,15H,2,7-9H2,1H3;1H. The molecule has 2 rings (SSSR count). The van der Waals surface area contributed by atoms with Gasteiger partial charge in [0.1, 0.15) is 0 Å². The molecular formula is C13H18Cl2N2O. The van der Waals surface area contributed by atoms with Crippen molar-refractivity contribution in [3.8, 4) is 0 Å². The van der Waals surface area contributed by atoms with E-state index in [4.69, 9.17) is 11.6 Å². The van der Waals surface area contributed by atoms with Gasteiger partial charge in [-0.2, -0.15) is 0 Å². The molecule has 1 aliphatic heterocycles. The Morgan fingerprint density at radius 1 is 1.44 bits per heavy atom. The lowest BCUT2D eigenvalue weighted by Crippen LogP contribution is -2.36. The minimum Gasteiger partial charge on any atom is -0.316 e. The highest BCUT2D eigenvalue weighted by Crippen LogP contribution is 2.21. The van der Waals surface area contributed by atoms with Crippen molar-refractivity contribution in [3.05, 3.63) is 29.3 Å². The summed E-state index contributed by atoms with van der Waals surface area (Å²) >= 11 is 5.85. The van der Waals surface area contributed by atoms with Gasteiger partial charge in [-0.25, -0.2) is 0 Å². The molecule has 1 atom stereocenters. The van der Waals surface area contributed by atoms with Crippen LogP contribution in [0.2, 0.25) is 5.02 Å². The number of benzene rings is 1. The van der Waals surface area contributed by atoms with Crippen molar-refractivity contribution in [2.45, 2.75) is 13.3 Å². The van der Waals surface area contributed by atoms with Crippen LogP contribution in [0, 0.1) is 5.92 Å². The van der Waals surface area contributed by atoms with Crippen molar-refractivity contribution in [1.29, 1.82) is 0 Å². The smallest absolute Gasteiger partial charge is 0.231 e. The third-order valence-corrected chi connectivity index (χ3v) is 3.38. The maximum atomic E-state index is 12.3. The highest BCUT2D eigenvalue weighted by Gasteiger charge is 2.26. The normalized spacial score (nSPS) is 18.2. The van der Waals surface area contributed by atoms with Crippen molar-refractivity contribution in [3.63, 3.8) is 0 Å². The van der Waals surface area contributed by atoms with E-state index in [1.54, 1.807) is 0 Å². The summed E-state index contributed by atoms with van der Waals surface area (Å²) in [6.45, 7) is 4.42. The summed E-state index contributed by atoms with van der Waals surface area (Å²) in [5.41, 5.74) is 0.925. The molecule has 1 fully saturated rings. The molecule has 1 unspecified atom stereocenters. The van der Waals surface area contributed by atoms with Crippen LogP contribution >= 0.6 is 24.0 Å². The molecule has 0 aromatic heterocycles. The van der Waals surface area contributed by atoms with Crippen molar-refractivity contribution in [2.24, 2.45) is 5.92 Å². The first-order valence-electron chi connectivity index (χ1n) is 6.00. The summed E-state index contributed by atoms with van der Waals surface area (Å²) in [6.07, 6.45) is 0.933. The number of rotatable bonds is 3. The lowest BCUT2D eigenvalue weighted by molar-refractivity contribution is -0.121. The van der Waals surface area contributed by atoms with Crippen LogP contribution in [-0.4, -0.2) is 25.5 Å². The highest BCUT2D eigenvalue weighted by molar-refractivity contribution is 6.30. The van der Waals surface area contributed by atoms with E-state index in [1.807, 2.05) is 36.1 Å². The Morgan fingerprint density at radius 3 is 2.61 bits per heavy atom. The van der Waals surface area contributed by atoms with Crippen molar-refractivity contribution < 1.29 is 4.79 Å². The van der Waals surface area contributed by atoms with Gasteiger partial charge in [0.15, 0.2) is 0 Å². The van der Waals surface area contributed by atoms with E-state index in [-0.39, 0.29) is 24.2 Å². The molecule has 0 saturated carbocycles. The number of hydrogen-bond donors (Lipinski definition) is 1. The molecule has 1 saturated heterocycles. The number of hydrogen-bond acceptors (Lipinski definition) is 2. The Bertz CT molecular complexity index is 388. The van der Waals surface area contributed by atoms with Crippen LogP contribution in [0.1, 0.15) is 13.3 Å². The van der Waals surface area contributed by atoms with E-state index in [9.17, 15) is 4.79 Å². The maximum Gasteiger partial charge on any atom is 0.231 e. The number of nitrogens with zero attached hydrogens (tertiary/aromatic N) is 1. The van der Waals surface area contributed by atoms with Crippen LogP contribution < -0.4 is 10.2 Å². The highest BCUT2D eigenvalue weighted by atomic mass is 35.5. The fourth-order valence-corrected chi connectivity index (χ4v) is 2.30. The fraction of sp³-hybridized carbons (Fsp3) is 0.462. The van der Waals surface area contributed by atoms with E-state index in [2.05, 4.69) is 5.32 Å². The SMILES string of the molecule is CCN(C(=O)C1CCNC1)c1ccc(Cl)cc1.Cl. The third kappa shape index (κ3) is 3.37. The molecule has 18 heavy (non-hydrogen) atoms. The second-order valence-electron chi connectivity index (χ2n) is 4.25. The molecule has 0 bridgehead atoms. The molecule has 3 nitrogen and oxygen atoms in total. The summed E-state index contributed by atoms with van der Waals surface area (Å²) in [6, 6.07) is 7.43. The zero-order valence-corrected chi connectivity index (χ0v) is 11.9. The minimum atomic E-state index is 0. The fourth-order valence-electron chi connectivity index (χ4n) is 2.17. The number of carbonyl (C=O) groups is 1. The molecule has 100 valence electrons. The second-order valence-corrected chi connectivity index (χ2v) is 4.69. The first-order chi connectivity index (χ1) is 8.22. The Balaban J connectivity index is 0.00000162. The molecule has 0 radical (unpaired) electrons. The lowest BCUT2D eigenvalue weighted by atomic mass is 10.1. The number of halogens is 2. The number of nitrogens with one attached hydrogen (secondary N) is 1. The molecule has 5 heteroatoms. The molecule has 1 heterocycles. The van der Waals surface area contributed by atoms with Crippen LogP contribution in [0.4, 0.5) is 5.69 Å². The molecular weight excluding hydrogens is 271 g/mol. The van der Waals surface area contributed by atoms with Gasteiger partial charge in [0, 0.05) is 23.8 Å². The van der Waals surface area contributed by atoms with Crippen LogP contribution in [0.5, 0.6) is 0 Å². The minimum absolute atomic E-state index is 0. The Hall–Kier alpha value is -0.770. The Labute approximate surface area is 119 Å². The molecule has 1 aromatic rings. The van der Waals surface area contributed by atoms with Gasteiger partial charge in [-0.3, -0.25) is 4.79 Å². The van der Waals surface area contributed by atoms with E-state index < -0.39 is 0 Å². The van der Waals surface area contributed by atoms with Gasteiger partial charge in [-0.1, -0.05) is 11.6 Å². The quantitative estimate of drug-likeness (QED) is 0.928. The number of amides is 1. The summed E-state index contributed by atoms with van der Waals surface area (Å²) < 4.78 is 0. The average Bonchev–Trinajstić information content (AvgIpc) is 2.86. The molecule has 1 aromatic carbocycles. The maximum absolute atomic E-state index is 12.3. The van der Waals surface area contributed by atoms with E-state index >= 15 is 0 Å². The van der Waals surface area contributed by atoms with Crippen molar-refractivity contribution in [1.82, 2.24) is 5.32 Å². The summed E-state index contributed by atoms with van der Waals surface area (Å²) in [5.74, 6) is 0.324. The van der Waals surface area contributed by atoms with Crippen LogP contribution in [0.15, 0.2) is 24.3 Å². The topological polar surface area (TPSA) is 32.3 Å².